The Morgan fingerprint density at radius 3 is 2.05 bits per heavy atom. The van der Waals surface area contributed by atoms with Gasteiger partial charge in [0, 0.05) is 6.07 Å². The summed E-state index contributed by atoms with van der Waals surface area (Å²) in [6.07, 6.45) is -3.79. The quantitative estimate of drug-likeness (QED) is 0.693. The zero-order valence-corrected chi connectivity index (χ0v) is 14.1. The molecule has 0 aliphatic heterocycles. The zero-order valence-electron chi connectivity index (χ0n) is 14.1. The Bertz CT molecular complexity index is 500. The SMILES string of the molecule is CCC(C)(C)COc1cc(OC(F)(F)F)ccc1C(C)(C)C. The molecule has 1 aromatic rings. The van der Waals surface area contributed by atoms with Crippen LogP contribution < -0.4 is 9.47 Å². The van der Waals surface area contributed by atoms with Gasteiger partial charge in [0.25, 0.3) is 0 Å². The molecule has 0 heterocycles. The Hall–Kier alpha value is -1.39. The van der Waals surface area contributed by atoms with Crippen molar-refractivity contribution in [2.45, 2.75) is 59.7 Å². The molecule has 0 spiro atoms. The van der Waals surface area contributed by atoms with Gasteiger partial charge in [0.2, 0.25) is 0 Å². The normalized spacial score (nSPS) is 13.1. The molecule has 126 valence electrons. The van der Waals surface area contributed by atoms with Crippen molar-refractivity contribution in [1.29, 1.82) is 0 Å². The summed E-state index contributed by atoms with van der Waals surface area (Å²) in [5.41, 5.74) is 0.576. The molecule has 22 heavy (non-hydrogen) atoms. The van der Waals surface area contributed by atoms with Gasteiger partial charge in [0.1, 0.15) is 11.5 Å². The maximum absolute atomic E-state index is 12.4. The zero-order chi connectivity index (χ0) is 17.2. The van der Waals surface area contributed by atoms with Gasteiger partial charge in [-0.2, -0.15) is 0 Å². The predicted molar refractivity (Wildman–Crippen MR) is 81.4 cm³/mol. The average molecular weight is 318 g/mol. The number of halogens is 3. The Kier molecular flexibility index (Phi) is 5.42. The summed E-state index contributed by atoms with van der Waals surface area (Å²) in [5.74, 6) is 0.181. The van der Waals surface area contributed by atoms with Gasteiger partial charge in [-0.1, -0.05) is 47.6 Å². The van der Waals surface area contributed by atoms with E-state index in [2.05, 4.69) is 25.5 Å². The van der Waals surface area contributed by atoms with Crippen molar-refractivity contribution in [3.63, 3.8) is 0 Å². The van der Waals surface area contributed by atoms with Crippen LogP contribution in [0, 0.1) is 5.41 Å². The highest BCUT2D eigenvalue weighted by Crippen LogP contribution is 2.36. The van der Waals surface area contributed by atoms with Crippen LogP contribution in [0.5, 0.6) is 11.5 Å². The average Bonchev–Trinajstić information content (AvgIpc) is 2.33. The molecule has 5 heteroatoms. The van der Waals surface area contributed by atoms with E-state index in [0.717, 1.165) is 12.0 Å². The van der Waals surface area contributed by atoms with Gasteiger partial charge in [-0.25, -0.2) is 0 Å². The second-order valence-electron chi connectivity index (χ2n) is 7.26. The third kappa shape index (κ3) is 5.78. The number of benzene rings is 1. The van der Waals surface area contributed by atoms with Crippen molar-refractivity contribution in [2.75, 3.05) is 6.61 Å². The number of rotatable bonds is 5. The van der Waals surface area contributed by atoms with Gasteiger partial charge >= 0.3 is 6.36 Å². The maximum Gasteiger partial charge on any atom is 0.573 e. The minimum atomic E-state index is -4.71. The molecule has 1 rings (SSSR count). The fourth-order valence-electron chi connectivity index (χ4n) is 1.81. The minimum Gasteiger partial charge on any atom is -0.493 e. The van der Waals surface area contributed by atoms with Crippen molar-refractivity contribution < 1.29 is 22.6 Å². The first-order chi connectivity index (χ1) is 9.84. The molecule has 2 nitrogen and oxygen atoms in total. The molecule has 0 aliphatic carbocycles. The molecule has 0 bridgehead atoms. The molecule has 0 saturated carbocycles. The van der Waals surface area contributed by atoms with Crippen LogP contribution in [0.25, 0.3) is 0 Å². The molecule has 0 N–H and O–H groups in total. The predicted octanol–water partition coefficient (Wildman–Crippen LogP) is 5.70. The van der Waals surface area contributed by atoms with Gasteiger partial charge in [0.05, 0.1) is 6.61 Å². The highest BCUT2D eigenvalue weighted by atomic mass is 19.4. The lowest BCUT2D eigenvalue weighted by Crippen LogP contribution is -2.22. The van der Waals surface area contributed by atoms with Crippen LogP contribution in [-0.4, -0.2) is 13.0 Å². The molecule has 0 atom stereocenters. The second kappa shape index (κ2) is 6.39. The van der Waals surface area contributed by atoms with E-state index in [9.17, 15) is 13.2 Å². The molecule has 0 radical (unpaired) electrons. The van der Waals surface area contributed by atoms with E-state index in [1.165, 1.54) is 12.1 Å². The largest absolute Gasteiger partial charge is 0.573 e. The van der Waals surface area contributed by atoms with Crippen LogP contribution in [0.1, 0.15) is 53.5 Å². The highest BCUT2D eigenvalue weighted by molar-refractivity contribution is 5.44. The first-order valence-electron chi connectivity index (χ1n) is 7.37. The summed E-state index contributed by atoms with van der Waals surface area (Å²) < 4.78 is 46.9. The molecule has 1 aromatic carbocycles. The number of ether oxygens (including phenoxy) is 2. The van der Waals surface area contributed by atoms with E-state index >= 15 is 0 Å². The van der Waals surface area contributed by atoms with Crippen LogP contribution >= 0.6 is 0 Å². The summed E-state index contributed by atoms with van der Waals surface area (Å²) >= 11 is 0. The molecular formula is C17H25F3O2. The highest BCUT2D eigenvalue weighted by Gasteiger charge is 2.32. The topological polar surface area (TPSA) is 18.5 Å². The third-order valence-electron chi connectivity index (χ3n) is 3.57. The van der Waals surface area contributed by atoms with Crippen LogP contribution in [0.2, 0.25) is 0 Å². The Morgan fingerprint density at radius 1 is 1.00 bits per heavy atom. The standard InChI is InChI=1S/C17H25F3O2/c1-7-16(5,6)11-21-14-10-12(22-17(18,19)20)8-9-13(14)15(2,3)4/h8-10H,7,11H2,1-6H3. The lowest BCUT2D eigenvalue weighted by Gasteiger charge is -2.27. The Morgan fingerprint density at radius 2 is 1.59 bits per heavy atom. The van der Waals surface area contributed by atoms with E-state index < -0.39 is 6.36 Å². The lowest BCUT2D eigenvalue weighted by molar-refractivity contribution is -0.274. The fourth-order valence-corrected chi connectivity index (χ4v) is 1.81. The van der Waals surface area contributed by atoms with E-state index in [1.54, 1.807) is 6.07 Å². The molecule has 0 saturated heterocycles. The summed E-state index contributed by atoms with van der Waals surface area (Å²) in [7, 11) is 0. The molecule has 0 unspecified atom stereocenters. The van der Waals surface area contributed by atoms with E-state index in [1.807, 2.05) is 20.8 Å². The van der Waals surface area contributed by atoms with E-state index in [4.69, 9.17) is 4.74 Å². The molecule has 0 fully saturated rings. The molecular weight excluding hydrogens is 293 g/mol. The van der Waals surface area contributed by atoms with Crippen LogP contribution in [0.4, 0.5) is 13.2 Å². The van der Waals surface area contributed by atoms with Crippen molar-refractivity contribution in [3.05, 3.63) is 23.8 Å². The third-order valence-corrected chi connectivity index (χ3v) is 3.57. The van der Waals surface area contributed by atoms with Gasteiger partial charge in [-0.3, -0.25) is 0 Å². The molecule has 0 amide bonds. The Labute approximate surface area is 130 Å². The van der Waals surface area contributed by atoms with Crippen molar-refractivity contribution >= 4 is 0 Å². The lowest BCUT2D eigenvalue weighted by atomic mass is 9.86. The summed E-state index contributed by atoms with van der Waals surface area (Å²) in [4.78, 5) is 0. The van der Waals surface area contributed by atoms with E-state index in [0.29, 0.717) is 12.4 Å². The summed E-state index contributed by atoms with van der Waals surface area (Å²) in [6, 6.07) is 4.28. The first kappa shape index (κ1) is 18.7. The van der Waals surface area contributed by atoms with Crippen LogP contribution in [-0.2, 0) is 5.41 Å². The monoisotopic (exact) mass is 318 g/mol. The number of hydrogen-bond donors (Lipinski definition) is 0. The summed E-state index contributed by atoms with van der Waals surface area (Å²) in [5, 5.41) is 0. The van der Waals surface area contributed by atoms with Crippen molar-refractivity contribution in [1.82, 2.24) is 0 Å². The van der Waals surface area contributed by atoms with Crippen LogP contribution in [0.3, 0.4) is 0 Å². The molecule has 0 aliphatic rings. The van der Waals surface area contributed by atoms with Crippen molar-refractivity contribution in [3.8, 4) is 11.5 Å². The van der Waals surface area contributed by atoms with Gasteiger partial charge in [-0.05, 0) is 28.9 Å². The fraction of sp³-hybridized carbons (Fsp3) is 0.647. The number of hydrogen-bond acceptors (Lipinski definition) is 2. The maximum atomic E-state index is 12.4. The van der Waals surface area contributed by atoms with Gasteiger partial charge in [-0.15, -0.1) is 13.2 Å². The smallest absolute Gasteiger partial charge is 0.493 e. The van der Waals surface area contributed by atoms with Gasteiger partial charge < -0.3 is 9.47 Å². The van der Waals surface area contributed by atoms with Gasteiger partial charge in [0.15, 0.2) is 0 Å². The van der Waals surface area contributed by atoms with Crippen LogP contribution in [0.15, 0.2) is 18.2 Å². The minimum absolute atomic E-state index is 0.0456. The Balaban J connectivity index is 3.10. The summed E-state index contributed by atoms with van der Waals surface area (Å²) in [6.45, 7) is 12.6. The van der Waals surface area contributed by atoms with E-state index in [-0.39, 0.29) is 16.6 Å². The first-order valence-corrected chi connectivity index (χ1v) is 7.37. The van der Waals surface area contributed by atoms with Crippen molar-refractivity contribution in [2.24, 2.45) is 5.41 Å². The molecule has 0 aromatic heterocycles. The number of alkyl halides is 3. The second-order valence-corrected chi connectivity index (χ2v) is 7.26.